The van der Waals surface area contributed by atoms with Gasteiger partial charge in [-0.3, -0.25) is 14.4 Å². The zero-order chi connectivity index (χ0) is 58.7. The number of fused-ring (bicyclic) bond motifs is 5. The molecule has 1 aliphatic heterocycles. The quantitative estimate of drug-likeness (QED) is 0.0300. The fourth-order valence-corrected chi connectivity index (χ4v) is 12.0. The van der Waals surface area contributed by atoms with Crippen molar-refractivity contribution in [3.05, 3.63) is 46.6 Å². The van der Waals surface area contributed by atoms with Gasteiger partial charge in [0.25, 0.3) is 0 Å². The lowest BCUT2D eigenvalue weighted by molar-refractivity contribution is -0.346. The van der Waals surface area contributed by atoms with Gasteiger partial charge in [0.2, 0.25) is 0 Å². The second-order valence-corrected chi connectivity index (χ2v) is 24.5. The van der Waals surface area contributed by atoms with Crippen LogP contribution >= 0.6 is 21.6 Å². The van der Waals surface area contributed by atoms with Crippen molar-refractivity contribution < 1.29 is 101 Å². The summed E-state index contributed by atoms with van der Waals surface area (Å²) in [6, 6.07) is 2.92. The van der Waals surface area contributed by atoms with Crippen LogP contribution < -0.4 is 14.8 Å². The van der Waals surface area contributed by atoms with Gasteiger partial charge in [-0.2, -0.15) is 0 Å². The van der Waals surface area contributed by atoms with E-state index in [1.54, 1.807) is 56.2 Å². The maximum Gasteiger partial charge on any atom is 0.408 e. The number of allylic oxidation sites excluding steroid dienone is 1. The van der Waals surface area contributed by atoms with Crippen LogP contribution in [0.1, 0.15) is 98.9 Å². The van der Waals surface area contributed by atoms with Crippen LogP contribution in [0.25, 0.3) is 0 Å². The number of esters is 4. The molecule has 22 nitrogen and oxygen atoms in total. The van der Waals surface area contributed by atoms with Crippen LogP contribution in [-0.2, 0) is 66.5 Å². The van der Waals surface area contributed by atoms with Crippen LogP contribution in [0.15, 0.2) is 41.0 Å². The van der Waals surface area contributed by atoms with Gasteiger partial charge in [0, 0.05) is 30.9 Å². The third-order valence-electron chi connectivity index (χ3n) is 14.8. The summed E-state index contributed by atoms with van der Waals surface area (Å²) in [5.41, 5.74) is -8.96. The third kappa shape index (κ3) is 15.1. The topological polar surface area (TPSA) is 286 Å². The lowest BCUT2D eigenvalue weighted by Gasteiger charge is -2.67. The lowest BCUT2D eigenvalue weighted by Crippen LogP contribution is -2.82. The minimum Gasteiger partial charge on any atom is -0.497 e. The highest BCUT2D eigenvalue weighted by Crippen LogP contribution is 2.64. The van der Waals surface area contributed by atoms with Crippen molar-refractivity contribution in [2.24, 2.45) is 16.7 Å². The first kappa shape index (κ1) is 65.3. The van der Waals surface area contributed by atoms with Gasteiger partial charge in [0.1, 0.15) is 46.6 Å². The lowest BCUT2D eigenvalue weighted by atomic mass is 9.44. The van der Waals surface area contributed by atoms with Crippen molar-refractivity contribution in [1.29, 1.82) is 0 Å². The molecule has 0 aromatic heterocycles. The number of aliphatic hydroxyl groups excluding tert-OH is 2. The van der Waals surface area contributed by atoms with Gasteiger partial charge < -0.3 is 77.5 Å². The summed E-state index contributed by atoms with van der Waals surface area (Å²) in [6.07, 6.45) is -9.27. The van der Waals surface area contributed by atoms with E-state index in [4.69, 9.17) is 56.8 Å². The Morgan fingerprint density at radius 3 is 2.06 bits per heavy atom. The smallest absolute Gasteiger partial charge is 0.408 e. The van der Waals surface area contributed by atoms with Crippen molar-refractivity contribution in [3.63, 3.8) is 0 Å². The van der Waals surface area contributed by atoms with E-state index in [9.17, 15) is 39.3 Å². The van der Waals surface area contributed by atoms with E-state index in [1.165, 1.54) is 66.2 Å². The molecule has 2 bridgehead atoms. The molecule has 1 aromatic carbocycles. The minimum absolute atomic E-state index is 0.0267. The molecular formula is C55H81NO21S2. The van der Waals surface area contributed by atoms with Crippen LogP contribution in [0, 0.1) is 16.7 Å². The summed E-state index contributed by atoms with van der Waals surface area (Å²) in [4.78, 5) is 86.0. The number of alkyl carbamates (subject to hydrolysis) is 1. The molecule has 1 heterocycles. The Labute approximate surface area is 470 Å². The Hall–Kier alpha value is -4.50. The highest BCUT2D eigenvalue weighted by Gasteiger charge is 2.78. The maximum absolute atomic E-state index is 16.1. The van der Waals surface area contributed by atoms with E-state index in [0.29, 0.717) is 32.0 Å². The molecule has 0 spiro atoms. The number of rotatable bonds is 27. The highest BCUT2D eigenvalue weighted by atomic mass is 33.1. The summed E-state index contributed by atoms with van der Waals surface area (Å²) in [7, 11) is 6.09. The average molecular weight is 1160 g/mol. The van der Waals surface area contributed by atoms with Crippen LogP contribution in [0.5, 0.6) is 11.5 Å². The molecule has 4 N–H and O–H groups in total. The standard InChI is InChI=1S/C55H81NO21S2/c1-31(2)26-36(56-50(64)77-51(5,6)7)43(60)49(63)73-38-29-55(65)47(75-48(62)35-27-34(66-11)14-15-37(35)67-12)45-53(10,39(58)28-40-54(45,30-72-40)76-33(4)57)46(61)44(42(32(38)3)52(55,8)9)74-41(59)16-17-68-18-19-69-20-21-70-22-23-71-24-25-79-78-13/h14-15,26-27,36,38-40,43-45,47,58,60,65H,16-25,28-30H2,1-13H3,(H,56,64)/t36-,38-,39-,40+,43+,44+,45?,47?,53+,54-,55+/m0/s1. The Morgan fingerprint density at radius 1 is 0.899 bits per heavy atom. The van der Waals surface area contributed by atoms with Crippen molar-refractivity contribution in [1.82, 2.24) is 5.32 Å². The fraction of sp³-hybridized carbons (Fsp3) is 0.709. The van der Waals surface area contributed by atoms with Crippen LogP contribution in [0.4, 0.5) is 4.79 Å². The Kier molecular flexibility index (Phi) is 23.1. The summed E-state index contributed by atoms with van der Waals surface area (Å²) >= 11 is 0. The van der Waals surface area contributed by atoms with Gasteiger partial charge in [-0.25, -0.2) is 14.4 Å². The summed E-state index contributed by atoms with van der Waals surface area (Å²) < 4.78 is 69.8. The number of carbonyl (C=O) groups excluding carboxylic acids is 6. The number of amides is 1. The third-order valence-corrected chi connectivity index (χ3v) is 16.6. The van der Waals surface area contributed by atoms with Gasteiger partial charge >= 0.3 is 30.0 Å². The van der Waals surface area contributed by atoms with Crippen LogP contribution in [-0.4, -0.2) is 196 Å². The number of Topliss-reactive ketones (excluding diaryl/α,β-unsaturated/α-hetero) is 1. The van der Waals surface area contributed by atoms with Crippen molar-refractivity contribution >= 4 is 57.3 Å². The summed E-state index contributed by atoms with van der Waals surface area (Å²) in [6.45, 7) is 17.1. The number of hydrogen-bond donors (Lipinski definition) is 4. The SMILES string of the molecule is COc1ccc(OC)c(C(=O)OC2C3[C@](C)(C(=O)[C@H](OC(=O)CCOCCOCCOCCOCCSSC)C4=C(C)[C@@H](OC(=O)[C@H](O)[C@H](C=C(C)C)NC(=O)OC(C)(C)C)C[C@]2(O)C4(C)C)[C@@H](O)C[C@H]2OC[C@@]32OC(C)=O)c1. The molecule has 0 radical (unpaired) electrons. The zero-order valence-electron chi connectivity index (χ0n) is 47.6. The molecule has 24 heteroatoms. The molecule has 1 saturated heterocycles. The molecule has 11 atom stereocenters. The van der Waals surface area contributed by atoms with Crippen LogP contribution in [0.3, 0.4) is 0 Å². The molecule has 3 aliphatic carbocycles. The summed E-state index contributed by atoms with van der Waals surface area (Å²) in [5.74, 6) is -5.68. The van der Waals surface area contributed by atoms with Gasteiger partial charge in [0.05, 0.1) is 104 Å². The van der Waals surface area contributed by atoms with Gasteiger partial charge in [-0.05, 0) is 84.1 Å². The molecule has 2 unspecified atom stereocenters. The first-order valence-electron chi connectivity index (χ1n) is 26.2. The normalized spacial score (nSPS) is 27.7. The number of benzene rings is 1. The zero-order valence-corrected chi connectivity index (χ0v) is 49.3. The summed E-state index contributed by atoms with van der Waals surface area (Å²) in [5, 5.41) is 40.7. The average Bonchev–Trinajstić information content (AvgIpc) is 3.56. The number of nitrogens with one attached hydrogen (secondary N) is 1. The molecule has 3 fully saturated rings. The van der Waals surface area contributed by atoms with Gasteiger partial charge in [0.15, 0.2) is 23.6 Å². The van der Waals surface area contributed by atoms with E-state index in [1.807, 2.05) is 6.26 Å². The largest absolute Gasteiger partial charge is 0.497 e. The van der Waals surface area contributed by atoms with Crippen molar-refractivity contribution in [2.45, 2.75) is 148 Å². The number of ketones is 1. The second kappa shape index (κ2) is 28.0. The van der Waals surface area contributed by atoms with Crippen LogP contribution in [0.2, 0.25) is 0 Å². The molecule has 5 rings (SSSR count). The number of hydrogen-bond acceptors (Lipinski definition) is 23. The Bertz CT molecular complexity index is 2390. The molecule has 2 saturated carbocycles. The Morgan fingerprint density at radius 2 is 1.52 bits per heavy atom. The molecule has 4 aliphatic rings. The first-order chi connectivity index (χ1) is 37.1. The van der Waals surface area contributed by atoms with Crippen molar-refractivity contribution in [2.75, 3.05) is 85.7 Å². The van der Waals surface area contributed by atoms with E-state index >= 15 is 4.79 Å². The van der Waals surface area contributed by atoms with E-state index < -0.39 is 125 Å². The first-order valence-corrected chi connectivity index (χ1v) is 28.9. The predicted molar refractivity (Wildman–Crippen MR) is 288 cm³/mol. The highest BCUT2D eigenvalue weighted by molar-refractivity contribution is 8.76. The second-order valence-electron chi connectivity index (χ2n) is 21.8. The van der Waals surface area contributed by atoms with E-state index in [0.717, 1.165) is 12.7 Å². The number of aliphatic hydroxyl groups is 3. The van der Waals surface area contributed by atoms with E-state index in [-0.39, 0.29) is 67.5 Å². The number of methoxy groups -OCH3 is 2. The Balaban J connectivity index is 1.57. The minimum atomic E-state index is -2.54. The molecular weight excluding hydrogens is 1070 g/mol. The molecule has 1 aromatic rings. The fourth-order valence-electron chi connectivity index (χ4n) is 10.9. The van der Waals surface area contributed by atoms with Gasteiger partial charge in [-0.15, -0.1) is 0 Å². The van der Waals surface area contributed by atoms with Crippen molar-refractivity contribution in [3.8, 4) is 11.5 Å². The van der Waals surface area contributed by atoms with Gasteiger partial charge in [-0.1, -0.05) is 47.1 Å². The number of ether oxygens (including phenoxy) is 12. The number of carbonyl (C=O) groups is 6. The van der Waals surface area contributed by atoms with E-state index in [2.05, 4.69) is 5.32 Å². The molecule has 444 valence electrons. The maximum atomic E-state index is 16.1. The molecule has 79 heavy (non-hydrogen) atoms. The predicted octanol–water partition coefficient (Wildman–Crippen LogP) is 4.89. The molecule has 1 amide bonds. The monoisotopic (exact) mass is 1160 g/mol.